The lowest BCUT2D eigenvalue weighted by molar-refractivity contribution is -0.230. The number of amides is 1. The Morgan fingerprint density at radius 2 is 1.53 bits per heavy atom. The highest BCUT2D eigenvalue weighted by molar-refractivity contribution is 7.90. The third-order valence-electron chi connectivity index (χ3n) is 4.78. The Bertz CT molecular complexity index is 814. The van der Waals surface area contributed by atoms with E-state index < -0.39 is 59.4 Å². The molecule has 0 saturated carbocycles. The van der Waals surface area contributed by atoms with Gasteiger partial charge in [0.15, 0.2) is 9.84 Å². The van der Waals surface area contributed by atoms with Gasteiger partial charge in [-0.05, 0) is 37.1 Å². The van der Waals surface area contributed by atoms with E-state index in [9.17, 15) is 39.6 Å². The molecular formula is C18H21F6NO4S. The quantitative estimate of drug-likeness (QED) is 0.477. The van der Waals surface area contributed by atoms with Crippen molar-refractivity contribution in [2.75, 3.05) is 26.0 Å². The number of hydrogen-bond donors (Lipinski definition) is 0. The fraction of sp³-hybridized carbons (Fsp3) is 0.611. The number of sulfone groups is 1. The summed E-state index contributed by atoms with van der Waals surface area (Å²) in [5, 5.41) is 0. The van der Waals surface area contributed by atoms with Crippen molar-refractivity contribution in [3.8, 4) is 5.75 Å². The Hall–Kier alpha value is -1.98. The molecule has 0 spiro atoms. The summed E-state index contributed by atoms with van der Waals surface area (Å²) in [5.41, 5.74) is 0. The van der Waals surface area contributed by atoms with Crippen LogP contribution in [0.3, 0.4) is 0 Å². The number of nitrogens with zero attached hydrogens (tertiary/aromatic N) is 1. The van der Waals surface area contributed by atoms with E-state index >= 15 is 0 Å². The summed E-state index contributed by atoms with van der Waals surface area (Å²) in [7, 11) is -3.36. The molecule has 12 heteroatoms. The zero-order chi connectivity index (χ0) is 22.7. The lowest BCUT2D eigenvalue weighted by atomic mass is 9.88. The minimum Gasteiger partial charge on any atom is -0.494 e. The molecular weight excluding hydrogens is 440 g/mol. The smallest absolute Gasteiger partial charge is 0.393 e. The molecule has 1 aromatic carbocycles. The van der Waals surface area contributed by atoms with E-state index in [-0.39, 0.29) is 24.3 Å². The Balaban J connectivity index is 1.88. The maximum atomic E-state index is 13.0. The van der Waals surface area contributed by atoms with Crippen molar-refractivity contribution in [1.82, 2.24) is 4.90 Å². The van der Waals surface area contributed by atoms with Gasteiger partial charge in [0.1, 0.15) is 5.75 Å². The second-order valence-electron chi connectivity index (χ2n) is 7.21. The van der Waals surface area contributed by atoms with Crippen LogP contribution in [-0.4, -0.2) is 57.5 Å². The molecule has 0 aromatic heterocycles. The van der Waals surface area contributed by atoms with Crippen LogP contribution < -0.4 is 4.74 Å². The molecule has 0 aliphatic carbocycles. The third-order valence-corrected chi connectivity index (χ3v) is 5.91. The Kier molecular flexibility index (Phi) is 7.31. The molecule has 170 valence electrons. The highest BCUT2D eigenvalue weighted by Gasteiger charge is 2.52. The number of alkyl halides is 6. The molecule has 1 saturated heterocycles. The average molecular weight is 461 g/mol. The molecule has 1 fully saturated rings. The van der Waals surface area contributed by atoms with Crippen LogP contribution in [0.4, 0.5) is 26.3 Å². The minimum atomic E-state index is -4.82. The van der Waals surface area contributed by atoms with Crippen molar-refractivity contribution in [3.63, 3.8) is 0 Å². The first-order chi connectivity index (χ1) is 13.7. The molecule has 30 heavy (non-hydrogen) atoms. The number of ether oxygens (including phenoxy) is 1. The van der Waals surface area contributed by atoms with Crippen molar-refractivity contribution in [3.05, 3.63) is 24.3 Å². The molecule has 2 unspecified atom stereocenters. The molecule has 2 rings (SSSR count). The summed E-state index contributed by atoms with van der Waals surface area (Å²) < 4.78 is 106. The molecule has 1 heterocycles. The number of likely N-dealkylation sites (tertiary alicyclic amines) is 1. The molecule has 2 atom stereocenters. The maximum Gasteiger partial charge on any atom is 0.393 e. The van der Waals surface area contributed by atoms with Crippen LogP contribution in [0.25, 0.3) is 0 Å². The van der Waals surface area contributed by atoms with Gasteiger partial charge in [-0.15, -0.1) is 0 Å². The average Bonchev–Trinajstić information content (AvgIpc) is 2.63. The molecule has 1 aromatic rings. The Labute approximate surface area is 169 Å². The van der Waals surface area contributed by atoms with E-state index in [0.29, 0.717) is 10.6 Å². The predicted molar refractivity (Wildman–Crippen MR) is 94.6 cm³/mol. The second-order valence-corrected chi connectivity index (χ2v) is 9.22. The number of hydrogen-bond acceptors (Lipinski definition) is 4. The maximum absolute atomic E-state index is 13.0. The fourth-order valence-corrected chi connectivity index (χ4v) is 3.76. The zero-order valence-corrected chi connectivity index (χ0v) is 16.8. The summed E-state index contributed by atoms with van der Waals surface area (Å²) in [6.45, 7) is -1.59. The van der Waals surface area contributed by atoms with Crippen LogP contribution in [0.2, 0.25) is 0 Å². The standard InChI is InChI=1S/C18H21F6NO4S/c1-30(27,28)15-6-4-14(5-7-15)29-8-2-3-16(26)25-10-12(17(19,20)21)9-13(11-25)18(22,23)24/h4-7,12-13H,2-3,8-11H2,1H3. The van der Waals surface area contributed by atoms with Gasteiger partial charge in [-0.2, -0.15) is 26.3 Å². The van der Waals surface area contributed by atoms with Crippen LogP contribution in [0, 0.1) is 11.8 Å². The summed E-state index contributed by atoms with van der Waals surface area (Å²) in [5.74, 6) is -4.91. The van der Waals surface area contributed by atoms with Crippen molar-refractivity contribution in [2.45, 2.75) is 36.5 Å². The van der Waals surface area contributed by atoms with Crippen molar-refractivity contribution < 1.29 is 44.3 Å². The minimum absolute atomic E-state index is 0.0107. The van der Waals surface area contributed by atoms with Gasteiger partial charge in [0.25, 0.3) is 0 Å². The molecule has 5 nitrogen and oxygen atoms in total. The zero-order valence-electron chi connectivity index (χ0n) is 16.0. The van der Waals surface area contributed by atoms with Gasteiger partial charge in [0.2, 0.25) is 5.91 Å². The number of halogens is 6. The molecule has 1 aliphatic heterocycles. The summed E-state index contributed by atoms with van der Waals surface area (Å²) >= 11 is 0. The Morgan fingerprint density at radius 3 is 1.97 bits per heavy atom. The van der Waals surface area contributed by atoms with E-state index in [1.807, 2.05) is 0 Å². The molecule has 0 N–H and O–H groups in total. The van der Waals surface area contributed by atoms with Gasteiger partial charge in [0.05, 0.1) is 23.3 Å². The van der Waals surface area contributed by atoms with Gasteiger partial charge in [0, 0.05) is 25.8 Å². The Morgan fingerprint density at radius 1 is 1.03 bits per heavy atom. The van der Waals surface area contributed by atoms with Gasteiger partial charge in [-0.3, -0.25) is 4.79 Å². The van der Waals surface area contributed by atoms with Crippen LogP contribution in [0.1, 0.15) is 19.3 Å². The number of carbonyl (C=O) groups excluding carboxylic acids is 1. The van der Waals surface area contributed by atoms with E-state index in [2.05, 4.69) is 0 Å². The number of rotatable bonds is 6. The highest BCUT2D eigenvalue weighted by atomic mass is 32.2. The van der Waals surface area contributed by atoms with Crippen molar-refractivity contribution >= 4 is 15.7 Å². The second kappa shape index (κ2) is 9.03. The number of piperidine rings is 1. The van der Waals surface area contributed by atoms with Gasteiger partial charge in [-0.25, -0.2) is 8.42 Å². The van der Waals surface area contributed by atoms with E-state index in [4.69, 9.17) is 4.74 Å². The molecule has 1 amide bonds. The lowest BCUT2D eigenvalue weighted by Crippen LogP contribution is -2.51. The monoisotopic (exact) mass is 461 g/mol. The van der Waals surface area contributed by atoms with Crippen LogP contribution >= 0.6 is 0 Å². The van der Waals surface area contributed by atoms with Crippen LogP contribution in [0.5, 0.6) is 5.75 Å². The van der Waals surface area contributed by atoms with Crippen molar-refractivity contribution in [1.29, 1.82) is 0 Å². The molecule has 1 aliphatic rings. The van der Waals surface area contributed by atoms with E-state index in [1.54, 1.807) is 0 Å². The fourth-order valence-electron chi connectivity index (χ4n) is 3.13. The predicted octanol–water partition coefficient (Wildman–Crippen LogP) is 3.84. The number of benzene rings is 1. The summed E-state index contributed by atoms with van der Waals surface area (Å²) in [6, 6.07) is 5.48. The van der Waals surface area contributed by atoms with Gasteiger partial charge >= 0.3 is 12.4 Å². The largest absolute Gasteiger partial charge is 0.494 e. The molecule has 0 bridgehead atoms. The van der Waals surface area contributed by atoms with Crippen LogP contribution in [0.15, 0.2) is 29.2 Å². The van der Waals surface area contributed by atoms with Crippen molar-refractivity contribution in [2.24, 2.45) is 11.8 Å². The van der Waals surface area contributed by atoms with E-state index in [1.165, 1.54) is 24.3 Å². The van der Waals surface area contributed by atoms with Crippen LogP contribution in [-0.2, 0) is 14.6 Å². The van der Waals surface area contributed by atoms with Gasteiger partial charge in [-0.1, -0.05) is 0 Å². The number of carbonyl (C=O) groups is 1. The van der Waals surface area contributed by atoms with E-state index in [0.717, 1.165) is 6.26 Å². The first-order valence-electron chi connectivity index (χ1n) is 9.02. The molecule has 0 radical (unpaired) electrons. The highest BCUT2D eigenvalue weighted by Crippen LogP contribution is 2.41. The first-order valence-corrected chi connectivity index (χ1v) is 10.9. The topological polar surface area (TPSA) is 63.7 Å². The first kappa shape index (κ1) is 24.3. The normalized spacial score (nSPS) is 20.8. The summed E-state index contributed by atoms with van der Waals surface area (Å²) in [4.78, 5) is 12.9. The van der Waals surface area contributed by atoms with Gasteiger partial charge < -0.3 is 9.64 Å². The SMILES string of the molecule is CS(=O)(=O)c1ccc(OCCCC(=O)N2CC(C(F)(F)F)CC(C(F)(F)F)C2)cc1. The lowest BCUT2D eigenvalue weighted by Gasteiger charge is -2.39. The third kappa shape index (κ3) is 6.78. The summed E-state index contributed by atoms with van der Waals surface area (Å²) in [6.07, 6.45) is -9.86.